The zero-order valence-electron chi connectivity index (χ0n) is 11.9. The molecule has 2 aromatic rings. The topological polar surface area (TPSA) is 57.3 Å². The Labute approximate surface area is 128 Å². The molecule has 2 heterocycles. The van der Waals surface area contributed by atoms with Gasteiger partial charge in [0.25, 0.3) is 0 Å². The second kappa shape index (κ2) is 6.13. The highest BCUT2D eigenvalue weighted by Crippen LogP contribution is 2.28. The van der Waals surface area contributed by atoms with Gasteiger partial charge in [0.2, 0.25) is 0 Å². The fraction of sp³-hybridized carbons (Fsp3) is 0.333. The zero-order chi connectivity index (χ0) is 14.7. The van der Waals surface area contributed by atoms with Crippen LogP contribution in [-0.4, -0.2) is 30.1 Å². The van der Waals surface area contributed by atoms with Crippen molar-refractivity contribution in [1.29, 1.82) is 0 Å². The van der Waals surface area contributed by atoms with Crippen molar-refractivity contribution in [1.82, 2.24) is 10.3 Å². The molecule has 21 heavy (non-hydrogen) atoms. The van der Waals surface area contributed by atoms with Crippen LogP contribution in [0.2, 0.25) is 0 Å². The summed E-state index contributed by atoms with van der Waals surface area (Å²) in [5.41, 5.74) is 2.67. The van der Waals surface area contributed by atoms with Gasteiger partial charge in [0.15, 0.2) is 5.13 Å². The maximum atomic E-state index is 11.8. The first-order valence-corrected chi connectivity index (χ1v) is 7.91. The van der Waals surface area contributed by atoms with Gasteiger partial charge in [0, 0.05) is 36.4 Å². The number of hydrogen-bond donors (Lipinski definition) is 2. The number of thiazole rings is 1. The molecule has 0 spiro atoms. The second-order valence-corrected chi connectivity index (χ2v) is 5.99. The number of carbonyl (C=O) groups is 1. The van der Waals surface area contributed by atoms with Gasteiger partial charge in [-0.1, -0.05) is 18.2 Å². The first-order valence-electron chi connectivity index (χ1n) is 7.03. The molecule has 1 atom stereocenters. The number of para-hydroxylation sites is 1. The minimum Gasteiger partial charge on any atom is -0.366 e. The Bertz CT molecular complexity index is 614. The van der Waals surface area contributed by atoms with Gasteiger partial charge in [-0.3, -0.25) is 5.32 Å². The lowest BCUT2D eigenvalue weighted by Crippen LogP contribution is -2.42. The highest BCUT2D eigenvalue weighted by Gasteiger charge is 2.23. The van der Waals surface area contributed by atoms with Crippen molar-refractivity contribution in [2.75, 3.05) is 23.3 Å². The molecule has 0 bridgehead atoms. The quantitative estimate of drug-likeness (QED) is 0.913. The van der Waals surface area contributed by atoms with E-state index in [-0.39, 0.29) is 12.1 Å². The average Bonchev–Trinajstić information content (AvgIpc) is 3.13. The van der Waals surface area contributed by atoms with Crippen LogP contribution in [0.25, 0.3) is 0 Å². The lowest BCUT2D eigenvalue weighted by molar-refractivity contribution is 0.251. The summed E-state index contributed by atoms with van der Waals surface area (Å²) < 4.78 is 0. The van der Waals surface area contributed by atoms with E-state index < -0.39 is 0 Å². The number of fused-ring (bicyclic) bond motifs is 1. The third-order valence-electron chi connectivity index (χ3n) is 3.67. The standard InChI is InChI=1S/C15H18N4OS/c1-11(10-17-14(20)18-15-16-7-9-21-15)19-8-6-12-4-2-3-5-13(12)19/h2-5,7,9,11H,6,8,10H2,1H3,(H2,16,17,18,20). The van der Waals surface area contributed by atoms with Crippen LogP contribution in [0.4, 0.5) is 15.6 Å². The molecule has 1 aromatic carbocycles. The van der Waals surface area contributed by atoms with Gasteiger partial charge >= 0.3 is 6.03 Å². The third kappa shape index (κ3) is 3.16. The van der Waals surface area contributed by atoms with Gasteiger partial charge in [0.1, 0.15) is 0 Å². The number of nitrogens with zero attached hydrogens (tertiary/aromatic N) is 2. The normalized spacial score (nSPS) is 14.6. The maximum Gasteiger partial charge on any atom is 0.321 e. The first kappa shape index (κ1) is 13.9. The molecule has 2 amide bonds. The second-order valence-electron chi connectivity index (χ2n) is 5.09. The number of nitrogens with one attached hydrogen (secondary N) is 2. The molecule has 1 aromatic heterocycles. The maximum absolute atomic E-state index is 11.8. The number of rotatable bonds is 4. The summed E-state index contributed by atoms with van der Waals surface area (Å²) in [5.74, 6) is 0. The van der Waals surface area contributed by atoms with Gasteiger partial charge in [-0.25, -0.2) is 9.78 Å². The van der Waals surface area contributed by atoms with Crippen LogP contribution in [0.1, 0.15) is 12.5 Å². The van der Waals surface area contributed by atoms with E-state index >= 15 is 0 Å². The van der Waals surface area contributed by atoms with Crippen molar-refractivity contribution < 1.29 is 4.79 Å². The van der Waals surface area contributed by atoms with Crippen LogP contribution in [0.15, 0.2) is 35.8 Å². The fourth-order valence-electron chi connectivity index (χ4n) is 2.60. The Kier molecular flexibility index (Phi) is 4.06. The monoisotopic (exact) mass is 302 g/mol. The minimum atomic E-state index is -0.204. The molecule has 5 nitrogen and oxygen atoms in total. The fourth-order valence-corrected chi connectivity index (χ4v) is 3.12. The van der Waals surface area contributed by atoms with E-state index in [9.17, 15) is 4.79 Å². The van der Waals surface area contributed by atoms with Crippen molar-refractivity contribution in [2.45, 2.75) is 19.4 Å². The number of hydrogen-bond acceptors (Lipinski definition) is 4. The molecule has 1 aliphatic rings. The molecule has 0 saturated carbocycles. The predicted molar refractivity (Wildman–Crippen MR) is 86.1 cm³/mol. The van der Waals surface area contributed by atoms with Crippen molar-refractivity contribution in [3.8, 4) is 0 Å². The summed E-state index contributed by atoms with van der Waals surface area (Å²) in [6, 6.07) is 8.51. The Morgan fingerprint density at radius 3 is 3.14 bits per heavy atom. The first-order chi connectivity index (χ1) is 10.2. The number of carbonyl (C=O) groups excluding carboxylic acids is 1. The minimum absolute atomic E-state index is 0.204. The van der Waals surface area contributed by atoms with Crippen LogP contribution < -0.4 is 15.5 Å². The lowest BCUT2D eigenvalue weighted by Gasteiger charge is -2.27. The molecule has 0 fully saturated rings. The SMILES string of the molecule is CC(CNC(=O)Nc1nccs1)N1CCc2ccccc21. The molecule has 0 saturated heterocycles. The molecule has 2 N–H and O–H groups in total. The van der Waals surface area contributed by atoms with Gasteiger partial charge < -0.3 is 10.2 Å². The molecule has 1 unspecified atom stereocenters. The van der Waals surface area contributed by atoms with Gasteiger partial charge in [-0.05, 0) is 25.0 Å². The van der Waals surface area contributed by atoms with E-state index in [0.29, 0.717) is 11.7 Å². The van der Waals surface area contributed by atoms with Crippen molar-refractivity contribution in [3.05, 3.63) is 41.4 Å². The highest BCUT2D eigenvalue weighted by atomic mass is 32.1. The summed E-state index contributed by atoms with van der Waals surface area (Å²) in [4.78, 5) is 18.2. The lowest BCUT2D eigenvalue weighted by atomic mass is 10.2. The number of anilines is 2. The Hall–Kier alpha value is -2.08. The predicted octanol–water partition coefficient (Wildman–Crippen LogP) is 2.72. The zero-order valence-corrected chi connectivity index (χ0v) is 12.7. The van der Waals surface area contributed by atoms with Crippen molar-refractivity contribution >= 4 is 28.2 Å². The molecule has 1 aliphatic heterocycles. The number of benzene rings is 1. The van der Waals surface area contributed by atoms with E-state index in [4.69, 9.17) is 0 Å². The van der Waals surface area contributed by atoms with Gasteiger partial charge in [-0.2, -0.15) is 0 Å². The summed E-state index contributed by atoms with van der Waals surface area (Å²) in [6.45, 7) is 3.74. The number of amides is 2. The smallest absolute Gasteiger partial charge is 0.321 e. The molecular weight excluding hydrogens is 284 g/mol. The van der Waals surface area contributed by atoms with Crippen LogP contribution in [0, 0.1) is 0 Å². The third-order valence-corrected chi connectivity index (χ3v) is 4.35. The average molecular weight is 302 g/mol. The van der Waals surface area contributed by atoms with Crippen LogP contribution >= 0.6 is 11.3 Å². The van der Waals surface area contributed by atoms with Crippen molar-refractivity contribution in [3.63, 3.8) is 0 Å². The highest BCUT2D eigenvalue weighted by molar-refractivity contribution is 7.13. The summed E-state index contributed by atoms with van der Waals surface area (Å²) in [6.07, 6.45) is 2.75. The van der Waals surface area contributed by atoms with Gasteiger partial charge in [0.05, 0.1) is 0 Å². The van der Waals surface area contributed by atoms with E-state index in [1.165, 1.54) is 22.6 Å². The largest absolute Gasteiger partial charge is 0.366 e. The van der Waals surface area contributed by atoms with Crippen LogP contribution in [0.3, 0.4) is 0 Å². The molecule has 110 valence electrons. The molecular formula is C15H18N4OS. The van der Waals surface area contributed by atoms with E-state index in [1.54, 1.807) is 6.20 Å². The van der Waals surface area contributed by atoms with Gasteiger partial charge in [-0.15, -0.1) is 11.3 Å². The summed E-state index contributed by atoms with van der Waals surface area (Å²) in [7, 11) is 0. The Morgan fingerprint density at radius 1 is 1.48 bits per heavy atom. The summed E-state index contributed by atoms with van der Waals surface area (Å²) >= 11 is 1.41. The Morgan fingerprint density at radius 2 is 2.33 bits per heavy atom. The van der Waals surface area contributed by atoms with E-state index in [0.717, 1.165) is 13.0 Å². The number of urea groups is 1. The molecule has 0 radical (unpaired) electrons. The van der Waals surface area contributed by atoms with Crippen molar-refractivity contribution in [2.24, 2.45) is 0 Å². The molecule has 6 heteroatoms. The Balaban J connectivity index is 1.53. The van der Waals surface area contributed by atoms with E-state index in [1.807, 2.05) is 5.38 Å². The van der Waals surface area contributed by atoms with E-state index in [2.05, 4.69) is 51.7 Å². The molecule has 3 rings (SSSR count). The van der Waals surface area contributed by atoms with Crippen LogP contribution in [0.5, 0.6) is 0 Å². The van der Waals surface area contributed by atoms with Crippen LogP contribution in [-0.2, 0) is 6.42 Å². The molecule has 0 aliphatic carbocycles. The number of aromatic nitrogens is 1. The summed E-state index contributed by atoms with van der Waals surface area (Å²) in [5, 5.41) is 8.08.